The summed E-state index contributed by atoms with van der Waals surface area (Å²) in [5.41, 5.74) is 8.37. The summed E-state index contributed by atoms with van der Waals surface area (Å²) in [5, 5.41) is 9.60. The summed E-state index contributed by atoms with van der Waals surface area (Å²) in [7, 11) is 0. The molecular weight excluding hydrogens is 595 g/mol. The van der Waals surface area contributed by atoms with Crippen LogP contribution in [-0.2, 0) is 0 Å². The van der Waals surface area contributed by atoms with Crippen molar-refractivity contribution in [3.8, 4) is 39.6 Å². The van der Waals surface area contributed by atoms with Crippen molar-refractivity contribution in [1.82, 2.24) is 14.5 Å². The van der Waals surface area contributed by atoms with E-state index < -0.39 is 0 Å². The van der Waals surface area contributed by atoms with E-state index in [1.54, 1.807) is 0 Å². The predicted molar refractivity (Wildman–Crippen MR) is 205 cm³/mol. The molecule has 2 aromatic heterocycles. The van der Waals surface area contributed by atoms with Crippen molar-refractivity contribution in [3.05, 3.63) is 176 Å². The minimum absolute atomic E-state index is 0.703. The van der Waals surface area contributed by atoms with Gasteiger partial charge in [0.2, 0.25) is 0 Å². The lowest BCUT2D eigenvalue weighted by atomic mass is 9.90. The highest BCUT2D eigenvalue weighted by Gasteiger charge is 2.21. The maximum atomic E-state index is 5.39. The summed E-state index contributed by atoms with van der Waals surface area (Å²) in [6.07, 6.45) is 0. The number of hydrogen-bond donors (Lipinski definition) is 0. The fourth-order valence-corrected chi connectivity index (χ4v) is 7.61. The Morgan fingerprint density at radius 1 is 0.408 bits per heavy atom. The molecule has 0 aliphatic carbocycles. The fraction of sp³-hybridized carbons (Fsp3) is 0. The van der Waals surface area contributed by atoms with Crippen molar-refractivity contribution < 1.29 is 0 Å². The van der Waals surface area contributed by atoms with Crippen LogP contribution in [0.25, 0.3) is 93.7 Å². The van der Waals surface area contributed by atoms with Crippen molar-refractivity contribution in [3.63, 3.8) is 0 Å². The molecule has 0 saturated heterocycles. The van der Waals surface area contributed by atoms with Crippen molar-refractivity contribution in [2.45, 2.75) is 0 Å². The highest BCUT2D eigenvalue weighted by atomic mass is 15.0. The van der Waals surface area contributed by atoms with Gasteiger partial charge < -0.3 is 4.57 Å². The van der Waals surface area contributed by atoms with Crippen LogP contribution in [0.2, 0.25) is 0 Å². The zero-order valence-corrected chi connectivity index (χ0v) is 26.6. The Balaban J connectivity index is 1.36. The average Bonchev–Trinajstić information content (AvgIpc) is 3.52. The summed E-state index contributed by atoms with van der Waals surface area (Å²) < 4.78 is 2.38. The third-order valence-corrected chi connectivity index (χ3v) is 9.75. The number of aromatic nitrogens is 3. The molecule has 0 unspecified atom stereocenters. The largest absolute Gasteiger partial charge is 0.309 e. The van der Waals surface area contributed by atoms with Crippen LogP contribution < -0.4 is 0 Å². The highest BCUT2D eigenvalue weighted by Crippen LogP contribution is 2.43. The third kappa shape index (κ3) is 4.37. The van der Waals surface area contributed by atoms with Crippen molar-refractivity contribution in [2.24, 2.45) is 0 Å². The van der Waals surface area contributed by atoms with E-state index in [-0.39, 0.29) is 0 Å². The maximum absolute atomic E-state index is 5.39. The molecule has 0 fully saturated rings. The second-order valence-corrected chi connectivity index (χ2v) is 12.6. The molecule has 0 bridgehead atoms. The van der Waals surface area contributed by atoms with Crippen molar-refractivity contribution in [1.29, 1.82) is 0 Å². The average molecular weight is 624 g/mol. The van der Waals surface area contributed by atoms with E-state index in [9.17, 15) is 0 Å². The molecule has 0 amide bonds. The van der Waals surface area contributed by atoms with E-state index in [1.807, 2.05) is 6.07 Å². The van der Waals surface area contributed by atoms with Gasteiger partial charge >= 0.3 is 0 Å². The van der Waals surface area contributed by atoms with Gasteiger partial charge in [-0.15, -0.1) is 0 Å². The van der Waals surface area contributed by atoms with Gasteiger partial charge in [-0.2, -0.15) is 0 Å². The molecule has 0 radical (unpaired) electrons. The molecule has 3 heteroatoms. The SMILES string of the molecule is c1ccc(-c2nc(-c3c4ccccc4cc4ccc5ccccc5c34)cc(-c3cccc4c5ccccc5n(-c5ccccc5)c34)n2)cc1. The molecule has 0 aliphatic heterocycles. The van der Waals surface area contributed by atoms with E-state index >= 15 is 0 Å². The van der Waals surface area contributed by atoms with Crippen LogP contribution in [0.15, 0.2) is 176 Å². The molecule has 228 valence electrons. The number of rotatable bonds is 4. The maximum Gasteiger partial charge on any atom is 0.160 e. The summed E-state index contributed by atoms with van der Waals surface area (Å²) >= 11 is 0. The first-order valence-corrected chi connectivity index (χ1v) is 16.7. The van der Waals surface area contributed by atoms with Crippen LogP contribution in [0.1, 0.15) is 0 Å². The molecule has 8 aromatic carbocycles. The molecule has 0 spiro atoms. The van der Waals surface area contributed by atoms with Gasteiger partial charge in [0, 0.05) is 33.2 Å². The van der Waals surface area contributed by atoms with Gasteiger partial charge in [0.1, 0.15) is 0 Å². The Morgan fingerprint density at radius 2 is 1.04 bits per heavy atom. The molecule has 3 nitrogen and oxygen atoms in total. The molecule has 0 saturated carbocycles. The molecule has 0 N–H and O–H groups in total. The highest BCUT2D eigenvalue weighted by molar-refractivity contribution is 6.22. The fourth-order valence-electron chi connectivity index (χ4n) is 7.61. The van der Waals surface area contributed by atoms with E-state index in [1.165, 1.54) is 48.6 Å². The number of para-hydroxylation sites is 3. The third-order valence-electron chi connectivity index (χ3n) is 9.75. The van der Waals surface area contributed by atoms with Crippen LogP contribution in [-0.4, -0.2) is 14.5 Å². The second kappa shape index (κ2) is 11.0. The van der Waals surface area contributed by atoms with Gasteiger partial charge in [-0.1, -0.05) is 146 Å². The Hall–Kier alpha value is -6.58. The van der Waals surface area contributed by atoms with Gasteiger partial charge in [-0.05, 0) is 62.6 Å². The van der Waals surface area contributed by atoms with E-state index in [0.29, 0.717) is 5.82 Å². The van der Waals surface area contributed by atoms with E-state index in [0.717, 1.165) is 39.3 Å². The molecule has 2 heterocycles. The number of nitrogens with zero attached hydrogens (tertiary/aromatic N) is 3. The van der Waals surface area contributed by atoms with E-state index in [2.05, 4.69) is 174 Å². The van der Waals surface area contributed by atoms with Crippen molar-refractivity contribution >= 4 is 54.1 Å². The summed E-state index contributed by atoms with van der Waals surface area (Å²) in [4.78, 5) is 10.7. The smallest absolute Gasteiger partial charge is 0.160 e. The van der Waals surface area contributed by atoms with Gasteiger partial charge in [-0.3, -0.25) is 0 Å². The standard InChI is InChI=1S/C46H29N3/c1-3-15-31(16-4-1)46-47-40(39-24-13-23-38-37-22-11-12-25-42(37)49(45(38)39)34-18-5-2-6-19-34)29-41(48-46)44-36-21-10-8-17-32(36)28-33-27-26-30-14-7-9-20-35(30)43(33)44/h1-29H. The number of hydrogen-bond acceptors (Lipinski definition) is 2. The predicted octanol–water partition coefficient (Wildman–Crippen LogP) is 12.0. The zero-order chi connectivity index (χ0) is 32.3. The minimum atomic E-state index is 0.703. The lowest BCUT2D eigenvalue weighted by Crippen LogP contribution is -1.99. The first-order valence-electron chi connectivity index (χ1n) is 16.7. The number of fused-ring (bicyclic) bond motifs is 7. The first-order chi connectivity index (χ1) is 24.3. The molecule has 0 aliphatic rings. The zero-order valence-electron chi connectivity index (χ0n) is 26.6. The normalized spacial score (nSPS) is 11.7. The van der Waals surface area contributed by atoms with Gasteiger partial charge in [0.25, 0.3) is 0 Å². The van der Waals surface area contributed by atoms with Gasteiger partial charge in [0.05, 0.1) is 22.4 Å². The van der Waals surface area contributed by atoms with E-state index in [4.69, 9.17) is 9.97 Å². The molecule has 10 rings (SSSR count). The molecule has 0 atom stereocenters. The summed E-state index contributed by atoms with van der Waals surface area (Å²) in [6, 6.07) is 62.5. The summed E-state index contributed by atoms with van der Waals surface area (Å²) in [6.45, 7) is 0. The Labute approximate surface area is 283 Å². The molecular formula is C46H29N3. The van der Waals surface area contributed by atoms with Crippen LogP contribution >= 0.6 is 0 Å². The topological polar surface area (TPSA) is 30.7 Å². The minimum Gasteiger partial charge on any atom is -0.309 e. The summed E-state index contributed by atoms with van der Waals surface area (Å²) in [5.74, 6) is 0.703. The monoisotopic (exact) mass is 623 g/mol. The van der Waals surface area contributed by atoms with Crippen LogP contribution in [0.3, 0.4) is 0 Å². The first kappa shape index (κ1) is 27.5. The van der Waals surface area contributed by atoms with Crippen LogP contribution in [0.5, 0.6) is 0 Å². The Bertz CT molecular complexity index is 2870. The Kier molecular flexibility index (Phi) is 6.18. The molecule has 10 aromatic rings. The quantitative estimate of drug-likeness (QED) is 0.144. The van der Waals surface area contributed by atoms with Crippen LogP contribution in [0.4, 0.5) is 0 Å². The molecule has 49 heavy (non-hydrogen) atoms. The van der Waals surface area contributed by atoms with Gasteiger partial charge in [0.15, 0.2) is 5.82 Å². The second-order valence-electron chi connectivity index (χ2n) is 12.6. The van der Waals surface area contributed by atoms with Gasteiger partial charge in [-0.25, -0.2) is 9.97 Å². The lowest BCUT2D eigenvalue weighted by molar-refractivity contribution is 1.16. The van der Waals surface area contributed by atoms with Crippen LogP contribution in [0, 0.1) is 0 Å². The lowest BCUT2D eigenvalue weighted by Gasteiger charge is -2.16. The number of benzene rings is 8. The Morgan fingerprint density at radius 3 is 1.88 bits per heavy atom. The van der Waals surface area contributed by atoms with Crippen molar-refractivity contribution in [2.75, 3.05) is 0 Å².